The maximum absolute atomic E-state index is 12.1. The minimum atomic E-state index is -3.58. The lowest BCUT2D eigenvalue weighted by Gasteiger charge is -2.24. The van der Waals surface area contributed by atoms with Crippen molar-refractivity contribution in [3.63, 3.8) is 0 Å². The van der Waals surface area contributed by atoms with Gasteiger partial charge in [0, 0.05) is 18.4 Å². The SMILES string of the molecule is CC(C)N(CC(=O)O)S(=O)(=O)CCc1ccncc1. The zero-order valence-corrected chi connectivity index (χ0v) is 11.8. The van der Waals surface area contributed by atoms with Crippen LogP contribution in [0.4, 0.5) is 0 Å². The number of carbonyl (C=O) groups is 1. The average Bonchev–Trinajstić information content (AvgIpc) is 2.34. The van der Waals surface area contributed by atoms with Gasteiger partial charge < -0.3 is 5.11 Å². The Balaban J connectivity index is 2.75. The topological polar surface area (TPSA) is 87.6 Å². The van der Waals surface area contributed by atoms with E-state index in [4.69, 9.17) is 5.11 Å². The van der Waals surface area contributed by atoms with Crippen molar-refractivity contribution in [2.45, 2.75) is 26.3 Å². The van der Waals surface area contributed by atoms with Gasteiger partial charge in [0.15, 0.2) is 0 Å². The Hall–Kier alpha value is -1.47. The minimum Gasteiger partial charge on any atom is -0.480 e. The molecule has 1 heterocycles. The highest BCUT2D eigenvalue weighted by Gasteiger charge is 2.26. The highest BCUT2D eigenvalue weighted by molar-refractivity contribution is 7.89. The molecule has 19 heavy (non-hydrogen) atoms. The number of aryl methyl sites for hydroxylation is 1. The molecular formula is C12H18N2O4S. The van der Waals surface area contributed by atoms with Gasteiger partial charge in [0.05, 0.1) is 5.75 Å². The summed E-state index contributed by atoms with van der Waals surface area (Å²) in [6.45, 7) is 2.82. The first-order chi connectivity index (χ1) is 8.83. The third kappa shape index (κ3) is 4.96. The van der Waals surface area contributed by atoms with Crippen LogP contribution < -0.4 is 0 Å². The van der Waals surface area contributed by atoms with Crippen molar-refractivity contribution in [1.82, 2.24) is 9.29 Å². The van der Waals surface area contributed by atoms with Crippen LogP contribution in [0, 0.1) is 0 Å². The molecule has 0 radical (unpaired) electrons. The molecule has 1 rings (SSSR count). The molecule has 0 saturated heterocycles. The van der Waals surface area contributed by atoms with Gasteiger partial charge in [-0.05, 0) is 38.0 Å². The lowest BCUT2D eigenvalue weighted by atomic mass is 10.2. The number of nitrogens with zero attached hydrogens (tertiary/aromatic N) is 2. The second-order valence-electron chi connectivity index (χ2n) is 4.45. The number of carboxylic acid groups (broad SMARTS) is 1. The Morgan fingerprint density at radius 3 is 2.42 bits per heavy atom. The number of rotatable bonds is 7. The third-order valence-electron chi connectivity index (χ3n) is 2.62. The maximum atomic E-state index is 12.1. The summed E-state index contributed by atoms with van der Waals surface area (Å²) in [4.78, 5) is 14.6. The molecule has 0 unspecified atom stereocenters. The molecule has 1 N–H and O–H groups in total. The van der Waals surface area contributed by atoms with Crippen molar-refractivity contribution in [1.29, 1.82) is 0 Å². The monoisotopic (exact) mass is 286 g/mol. The summed E-state index contributed by atoms with van der Waals surface area (Å²) in [6, 6.07) is 3.11. The van der Waals surface area contributed by atoms with Crippen LogP contribution in [0.2, 0.25) is 0 Å². The van der Waals surface area contributed by atoms with Crippen molar-refractivity contribution in [2.24, 2.45) is 0 Å². The molecule has 106 valence electrons. The fourth-order valence-electron chi connectivity index (χ4n) is 1.65. The molecular weight excluding hydrogens is 268 g/mol. The number of hydrogen-bond acceptors (Lipinski definition) is 4. The van der Waals surface area contributed by atoms with Crippen LogP contribution >= 0.6 is 0 Å². The van der Waals surface area contributed by atoms with Gasteiger partial charge in [0.1, 0.15) is 6.54 Å². The quantitative estimate of drug-likeness (QED) is 0.799. The van der Waals surface area contributed by atoms with E-state index in [1.54, 1.807) is 38.4 Å². The Morgan fingerprint density at radius 1 is 1.37 bits per heavy atom. The first-order valence-corrected chi connectivity index (χ1v) is 7.54. The van der Waals surface area contributed by atoms with Crippen LogP contribution in [-0.4, -0.2) is 47.1 Å². The normalized spacial score (nSPS) is 12.0. The van der Waals surface area contributed by atoms with Gasteiger partial charge in [-0.25, -0.2) is 8.42 Å². The Morgan fingerprint density at radius 2 is 1.95 bits per heavy atom. The molecule has 1 aromatic rings. The summed E-state index contributed by atoms with van der Waals surface area (Å²) < 4.78 is 25.3. The van der Waals surface area contributed by atoms with Crippen LogP contribution in [0.15, 0.2) is 24.5 Å². The Labute approximate surface area is 113 Å². The molecule has 0 saturated carbocycles. The molecule has 7 heteroatoms. The summed E-state index contributed by atoms with van der Waals surface area (Å²) in [5, 5.41) is 8.77. The molecule has 0 spiro atoms. The fourth-order valence-corrected chi connectivity index (χ4v) is 3.33. The van der Waals surface area contributed by atoms with Crippen molar-refractivity contribution >= 4 is 16.0 Å². The van der Waals surface area contributed by atoms with Crippen molar-refractivity contribution in [2.75, 3.05) is 12.3 Å². The fraction of sp³-hybridized carbons (Fsp3) is 0.500. The van der Waals surface area contributed by atoms with E-state index in [0.717, 1.165) is 9.87 Å². The molecule has 0 bridgehead atoms. The van der Waals surface area contributed by atoms with Gasteiger partial charge in [-0.15, -0.1) is 0 Å². The number of hydrogen-bond donors (Lipinski definition) is 1. The van der Waals surface area contributed by atoms with Crippen LogP contribution in [0.1, 0.15) is 19.4 Å². The second kappa shape index (κ2) is 6.63. The summed E-state index contributed by atoms with van der Waals surface area (Å²) in [5.74, 6) is -1.26. The summed E-state index contributed by atoms with van der Waals surface area (Å²) in [7, 11) is -3.58. The van der Waals surface area contributed by atoms with Crippen LogP contribution in [0.5, 0.6) is 0 Å². The van der Waals surface area contributed by atoms with Crippen LogP contribution in [0.25, 0.3) is 0 Å². The van der Waals surface area contributed by atoms with Crippen molar-refractivity contribution in [3.05, 3.63) is 30.1 Å². The summed E-state index contributed by atoms with van der Waals surface area (Å²) in [5.41, 5.74) is 0.859. The van der Waals surface area contributed by atoms with E-state index < -0.39 is 22.5 Å². The largest absolute Gasteiger partial charge is 0.480 e. The summed E-state index contributed by atoms with van der Waals surface area (Å²) in [6.07, 6.45) is 3.53. The van der Waals surface area contributed by atoms with E-state index in [-0.39, 0.29) is 11.8 Å². The number of aromatic nitrogens is 1. The Kier molecular flexibility index (Phi) is 5.44. The number of carboxylic acids is 1. The van der Waals surface area contributed by atoms with E-state index in [9.17, 15) is 13.2 Å². The van der Waals surface area contributed by atoms with E-state index in [1.807, 2.05) is 0 Å². The molecule has 0 amide bonds. The third-order valence-corrected chi connectivity index (χ3v) is 4.61. The molecule has 0 fully saturated rings. The zero-order valence-electron chi connectivity index (χ0n) is 11.0. The van der Waals surface area contributed by atoms with Crippen LogP contribution in [-0.2, 0) is 21.2 Å². The zero-order chi connectivity index (χ0) is 14.5. The van der Waals surface area contributed by atoms with Crippen molar-refractivity contribution < 1.29 is 18.3 Å². The molecule has 1 aromatic heterocycles. The molecule has 6 nitrogen and oxygen atoms in total. The molecule has 0 aliphatic rings. The number of sulfonamides is 1. The average molecular weight is 286 g/mol. The molecule has 0 atom stereocenters. The number of aliphatic carboxylic acids is 1. The maximum Gasteiger partial charge on any atom is 0.318 e. The molecule has 0 aliphatic heterocycles. The van der Waals surface area contributed by atoms with E-state index >= 15 is 0 Å². The van der Waals surface area contributed by atoms with Gasteiger partial charge in [0.2, 0.25) is 10.0 Å². The predicted octanol–water partition coefficient (Wildman–Crippen LogP) is 0.749. The van der Waals surface area contributed by atoms with Gasteiger partial charge in [-0.2, -0.15) is 4.31 Å². The van der Waals surface area contributed by atoms with E-state index in [1.165, 1.54) is 0 Å². The first-order valence-electron chi connectivity index (χ1n) is 5.93. The standard InChI is InChI=1S/C12H18N2O4S/c1-10(2)14(9-12(15)16)19(17,18)8-5-11-3-6-13-7-4-11/h3-4,6-7,10H,5,8-9H2,1-2H3,(H,15,16). The molecule has 0 aliphatic carbocycles. The van der Waals surface area contributed by atoms with Gasteiger partial charge in [-0.1, -0.05) is 0 Å². The lowest BCUT2D eigenvalue weighted by molar-refractivity contribution is -0.137. The lowest BCUT2D eigenvalue weighted by Crippen LogP contribution is -2.42. The van der Waals surface area contributed by atoms with Gasteiger partial charge in [0.25, 0.3) is 0 Å². The summed E-state index contributed by atoms with van der Waals surface area (Å²) >= 11 is 0. The molecule has 0 aromatic carbocycles. The second-order valence-corrected chi connectivity index (χ2v) is 6.50. The highest BCUT2D eigenvalue weighted by atomic mass is 32.2. The van der Waals surface area contributed by atoms with Crippen LogP contribution in [0.3, 0.4) is 0 Å². The smallest absolute Gasteiger partial charge is 0.318 e. The Bertz CT molecular complexity index is 514. The van der Waals surface area contributed by atoms with E-state index in [2.05, 4.69) is 4.98 Å². The highest BCUT2D eigenvalue weighted by Crippen LogP contribution is 2.10. The van der Waals surface area contributed by atoms with Gasteiger partial charge in [-0.3, -0.25) is 9.78 Å². The van der Waals surface area contributed by atoms with Gasteiger partial charge >= 0.3 is 5.97 Å². The number of pyridine rings is 1. The van der Waals surface area contributed by atoms with E-state index in [0.29, 0.717) is 6.42 Å². The van der Waals surface area contributed by atoms with Crippen molar-refractivity contribution in [3.8, 4) is 0 Å². The minimum absolute atomic E-state index is 0.109. The predicted molar refractivity (Wildman–Crippen MR) is 71.2 cm³/mol. The first kappa shape index (κ1) is 15.6.